The van der Waals surface area contributed by atoms with E-state index in [1.165, 1.54) is 17.9 Å². The topological polar surface area (TPSA) is 81.9 Å². The molecule has 0 aliphatic carbocycles. The molecular weight excluding hydrogens is 296 g/mol. The van der Waals surface area contributed by atoms with Gasteiger partial charge in [0.05, 0.1) is 12.7 Å². The van der Waals surface area contributed by atoms with Gasteiger partial charge in [-0.25, -0.2) is 13.6 Å². The number of hydrogen-bond donors (Lipinski definition) is 1. The first kappa shape index (κ1) is 14.1. The van der Waals surface area contributed by atoms with Crippen LogP contribution in [-0.2, 0) is 9.53 Å². The van der Waals surface area contributed by atoms with E-state index in [9.17, 15) is 13.6 Å². The zero-order chi connectivity index (χ0) is 15.9. The molecule has 1 N–H and O–H groups in total. The molecule has 0 radical (unpaired) electrons. The summed E-state index contributed by atoms with van der Waals surface area (Å²) in [5, 5.41) is 14.0. The first-order chi connectivity index (χ1) is 10.5. The number of rotatable bonds is 2. The lowest BCUT2D eigenvalue weighted by Gasteiger charge is -2.27. The highest BCUT2D eigenvalue weighted by Gasteiger charge is 2.34. The van der Waals surface area contributed by atoms with Gasteiger partial charge in [0, 0.05) is 5.70 Å². The maximum atomic E-state index is 13.6. The first-order valence-corrected chi connectivity index (χ1v) is 6.32. The number of anilines is 1. The predicted molar refractivity (Wildman–Crippen MR) is 70.7 cm³/mol. The van der Waals surface area contributed by atoms with Crippen molar-refractivity contribution in [3.05, 3.63) is 46.7 Å². The van der Waals surface area contributed by atoms with E-state index in [1.54, 1.807) is 6.92 Å². The monoisotopic (exact) mass is 307 g/mol. The highest BCUT2D eigenvalue weighted by molar-refractivity contribution is 5.92. The molecule has 1 aromatic heterocycles. The molecule has 1 aliphatic rings. The van der Waals surface area contributed by atoms with E-state index in [0.717, 1.165) is 12.1 Å². The largest absolute Gasteiger partial charge is 0.466 e. The maximum absolute atomic E-state index is 13.6. The Morgan fingerprint density at radius 3 is 2.82 bits per heavy atom. The molecule has 1 aliphatic heterocycles. The van der Waals surface area contributed by atoms with Gasteiger partial charge in [-0.05, 0) is 35.0 Å². The van der Waals surface area contributed by atoms with Crippen LogP contribution in [0.5, 0.6) is 0 Å². The third-order valence-electron chi connectivity index (χ3n) is 3.38. The number of allylic oxidation sites excluding steroid dienone is 1. The Morgan fingerprint density at radius 1 is 1.36 bits per heavy atom. The average molecular weight is 307 g/mol. The standard InChI is InChI=1S/C13H11F2N5O2/c1-6-10(12(21)22-2)11(20-13(16-6)17-18-19-20)7-3-4-8(14)9(15)5-7/h3-5,11H,1-2H3,(H,16,17,19)/t11-/m1/s1. The molecule has 7 nitrogen and oxygen atoms in total. The molecule has 114 valence electrons. The van der Waals surface area contributed by atoms with Crippen LogP contribution in [0.4, 0.5) is 14.7 Å². The van der Waals surface area contributed by atoms with Crippen molar-refractivity contribution in [1.82, 2.24) is 20.2 Å². The number of halogens is 2. The van der Waals surface area contributed by atoms with Gasteiger partial charge in [-0.2, -0.15) is 4.68 Å². The Balaban J connectivity index is 2.20. The van der Waals surface area contributed by atoms with Crippen LogP contribution in [0, 0.1) is 11.6 Å². The number of nitrogens with zero attached hydrogens (tertiary/aromatic N) is 4. The van der Waals surface area contributed by atoms with Gasteiger partial charge in [-0.15, -0.1) is 0 Å². The van der Waals surface area contributed by atoms with Gasteiger partial charge in [-0.3, -0.25) is 0 Å². The summed E-state index contributed by atoms with van der Waals surface area (Å²) in [5.41, 5.74) is 1.02. The van der Waals surface area contributed by atoms with E-state index >= 15 is 0 Å². The van der Waals surface area contributed by atoms with E-state index in [2.05, 4.69) is 20.8 Å². The number of tetrazole rings is 1. The number of esters is 1. The molecule has 0 saturated heterocycles. The van der Waals surface area contributed by atoms with Crippen LogP contribution in [0.1, 0.15) is 18.5 Å². The molecule has 22 heavy (non-hydrogen) atoms. The molecule has 3 rings (SSSR count). The Bertz CT molecular complexity index is 786. The quantitative estimate of drug-likeness (QED) is 0.845. The number of carbonyl (C=O) groups excluding carboxylic acids is 1. The summed E-state index contributed by atoms with van der Waals surface area (Å²) in [6.45, 7) is 1.65. The second kappa shape index (κ2) is 5.17. The Kier molecular flexibility index (Phi) is 3.32. The van der Waals surface area contributed by atoms with Gasteiger partial charge in [0.1, 0.15) is 6.04 Å². The minimum atomic E-state index is -1.02. The van der Waals surface area contributed by atoms with Gasteiger partial charge >= 0.3 is 5.97 Å². The molecule has 0 spiro atoms. The number of ether oxygens (including phenoxy) is 1. The van der Waals surface area contributed by atoms with Crippen LogP contribution >= 0.6 is 0 Å². The molecule has 1 aromatic carbocycles. The van der Waals surface area contributed by atoms with Gasteiger partial charge in [0.25, 0.3) is 0 Å². The van der Waals surface area contributed by atoms with E-state index in [4.69, 9.17) is 4.74 Å². The molecular formula is C13H11F2N5O2. The molecule has 0 saturated carbocycles. The molecule has 0 bridgehead atoms. The maximum Gasteiger partial charge on any atom is 0.338 e. The fraction of sp³-hybridized carbons (Fsp3) is 0.231. The molecule has 2 heterocycles. The minimum absolute atomic E-state index is 0.216. The van der Waals surface area contributed by atoms with Gasteiger partial charge < -0.3 is 10.1 Å². The molecule has 9 heteroatoms. The zero-order valence-electron chi connectivity index (χ0n) is 11.7. The van der Waals surface area contributed by atoms with Crippen molar-refractivity contribution in [3.63, 3.8) is 0 Å². The van der Waals surface area contributed by atoms with Crippen LogP contribution in [0.25, 0.3) is 0 Å². The summed E-state index contributed by atoms with van der Waals surface area (Å²) in [4.78, 5) is 12.1. The first-order valence-electron chi connectivity index (χ1n) is 6.32. The summed E-state index contributed by atoms with van der Waals surface area (Å²) < 4.78 is 32.8. The fourth-order valence-corrected chi connectivity index (χ4v) is 2.38. The van der Waals surface area contributed by atoms with E-state index in [-0.39, 0.29) is 5.57 Å². The number of carbonyl (C=O) groups is 1. The lowest BCUT2D eigenvalue weighted by molar-refractivity contribution is -0.136. The number of benzene rings is 1. The molecule has 2 aromatic rings. The fourth-order valence-electron chi connectivity index (χ4n) is 2.38. The highest BCUT2D eigenvalue weighted by atomic mass is 19.2. The van der Waals surface area contributed by atoms with Crippen molar-refractivity contribution in [2.24, 2.45) is 0 Å². The summed E-state index contributed by atoms with van der Waals surface area (Å²) in [6.07, 6.45) is 0. The summed E-state index contributed by atoms with van der Waals surface area (Å²) >= 11 is 0. The summed E-state index contributed by atoms with van der Waals surface area (Å²) in [5.74, 6) is -2.32. The molecule has 0 fully saturated rings. The lowest BCUT2D eigenvalue weighted by atomic mass is 9.95. The van der Waals surface area contributed by atoms with Crippen LogP contribution in [-0.4, -0.2) is 33.3 Å². The van der Waals surface area contributed by atoms with E-state index < -0.39 is 23.6 Å². The number of aromatic nitrogens is 4. The SMILES string of the molecule is COC(=O)C1=C(C)Nc2nnnn2[C@@H]1c1ccc(F)c(F)c1. The Morgan fingerprint density at radius 2 is 2.14 bits per heavy atom. The van der Waals surface area contributed by atoms with E-state index in [0.29, 0.717) is 17.2 Å². The van der Waals surface area contributed by atoms with Crippen molar-refractivity contribution in [1.29, 1.82) is 0 Å². The number of hydrogen-bond acceptors (Lipinski definition) is 6. The zero-order valence-corrected chi connectivity index (χ0v) is 11.7. The van der Waals surface area contributed by atoms with Crippen molar-refractivity contribution in [2.45, 2.75) is 13.0 Å². The molecule has 1 atom stereocenters. The number of nitrogens with one attached hydrogen (secondary N) is 1. The van der Waals surface area contributed by atoms with Crippen LogP contribution in [0.3, 0.4) is 0 Å². The van der Waals surface area contributed by atoms with Crippen molar-refractivity contribution in [2.75, 3.05) is 12.4 Å². The van der Waals surface area contributed by atoms with Crippen LogP contribution < -0.4 is 5.32 Å². The van der Waals surface area contributed by atoms with Crippen LogP contribution in [0.15, 0.2) is 29.5 Å². The third-order valence-corrected chi connectivity index (χ3v) is 3.38. The van der Waals surface area contributed by atoms with E-state index in [1.807, 2.05) is 0 Å². The van der Waals surface area contributed by atoms with Gasteiger partial charge in [0.15, 0.2) is 11.6 Å². The molecule has 0 amide bonds. The normalized spacial score (nSPS) is 17.0. The number of methoxy groups -OCH3 is 1. The second-order valence-electron chi connectivity index (χ2n) is 4.68. The molecule has 0 unspecified atom stereocenters. The van der Waals surface area contributed by atoms with Gasteiger partial charge in [-0.1, -0.05) is 11.2 Å². The van der Waals surface area contributed by atoms with Gasteiger partial charge in [0.2, 0.25) is 5.95 Å². The highest BCUT2D eigenvalue weighted by Crippen LogP contribution is 2.35. The summed E-state index contributed by atoms with van der Waals surface area (Å²) in [7, 11) is 1.24. The van der Waals surface area contributed by atoms with Crippen molar-refractivity contribution in [3.8, 4) is 0 Å². The predicted octanol–water partition coefficient (Wildman–Crippen LogP) is 1.41. The van der Waals surface area contributed by atoms with Crippen molar-refractivity contribution >= 4 is 11.9 Å². The smallest absolute Gasteiger partial charge is 0.338 e. The van der Waals surface area contributed by atoms with Crippen LogP contribution in [0.2, 0.25) is 0 Å². The summed E-state index contributed by atoms with van der Waals surface area (Å²) in [6, 6.07) is 2.55. The lowest BCUT2D eigenvalue weighted by Crippen LogP contribution is -2.29. The van der Waals surface area contributed by atoms with Crippen molar-refractivity contribution < 1.29 is 18.3 Å². The second-order valence-corrected chi connectivity index (χ2v) is 4.68. The average Bonchev–Trinajstić information content (AvgIpc) is 2.95. The Hall–Kier alpha value is -2.84. The number of fused-ring (bicyclic) bond motifs is 1. The Labute approximate surface area is 123 Å². The third kappa shape index (κ3) is 2.10. The minimum Gasteiger partial charge on any atom is -0.466 e.